The molecule has 0 fully saturated rings. The molecular formula is C10H20N2O3. The number of carboxylic acid groups (broad SMARTS) is 1. The van der Waals surface area contributed by atoms with E-state index >= 15 is 0 Å². The van der Waals surface area contributed by atoms with Crippen LogP contribution in [-0.2, 0) is 9.59 Å². The first-order valence-corrected chi connectivity index (χ1v) is 5.11. The lowest BCUT2D eigenvalue weighted by molar-refractivity contribution is -0.138. The van der Waals surface area contributed by atoms with E-state index in [-0.39, 0.29) is 24.4 Å². The van der Waals surface area contributed by atoms with Gasteiger partial charge in [-0.2, -0.15) is 0 Å². The molecule has 15 heavy (non-hydrogen) atoms. The number of hydrogen-bond donors (Lipinski definition) is 2. The maximum absolute atomic E-state index is 11.6. The van der Waals surface area contributed by atoms with Gasteiger partial charge in [-0.3, -0.25) is 9.59 Å². The lowest BCUT2D eigenvalue weighted by atomic mass is 10.2. The van der Waals surface area contributed by atoms with Crippen LogP contribution in [0.5, 0.6) is 0 Å². The van der Waals surface area contributed by atoms with Crippen molar-refractivity contribution in [2.75, 3.05) is 13.6 Å². The van der Waals surface area contributed by atoms with Gasteiger partial charge in [-0.05, 0) is 20.8 Å². The second-order valence-corrected chi connectivity index (χ2v) is 3.74. The number of carbonyl (C=O) groups excluding carboxylic acids is 1. The first-order chi connectivity index (χ1) is 6.88. The monoisotopic (exact) mass is 216 g/mol. The van der Waals surface area contributed by atoms with Gasteiger partial charge in [0.05, 0.1) is 12.5 Å². The largest absolute Gasteiger partial charge is 0.481 e. The van der Waals surface area contributed by atoms with E-state index in [0.717, 1.165) is 0 Å². The summed E-state index contributed by atoms with van der Waals surface area (Å²) in [6, 6.07) is -0.545. The minimum Gasteiger partial charge on any atom is -0.481 e. The van der Waals surface area contributed by atoms with Gasteiger partial charge >= 0.3 is 5.97 Å². The average molecular weight is 216 g/mol. The standard InChI is InChI=1S/C10H20N2O3/c1-5-12(4)10(15)8(3)11-7(2)6-9(13)14/h7-8,11H,5-6H2,1-4H3,(H,13,14). The summed E-state index contributed by atoms with van der Waals surface area (Å²) in [5.41, 5.74) is 0. The Morgan fingerprint density at radius 3 is 2.33 bits per heavy atom. The Bertz CT molecular complexity index is 231. The third kappa shape index (κ3) is 5.37. The van der Waals surface area contributed by atoms with Crippen molar-refractivity contribution in [1.82, 2.24) is 10.2 Å². The van der Waals surface area contributed by atoms with E-state index in [4.69, 9.17) is 5.11 Å². The molecule has 0 rings (SSSR count). The predicted molar refractivity (Wildman–Crippen MR) is 57.6 cm³/mol. The summed E-state index contributed by atoms with van der Waals surface area (Å²) in [6.45, 7) is 6.04. The fourth-order valence-electron chi connectivity index (χ4n) is 1.31. The van der Waals surface area contributed by atoms with Gasteiger partial charge in [0.15, 0.2) is 0 Å². The van der Waals surface area contributed by atoms with E-state index < -0.39 is 5.97 Å². The summed E-state index contributed by atoms with van der Waals surface area (Å²) in [7, 11) is 1.72. The molecule has 0 aliphatic rings. The molecule has 0 aliphatic carbocycles. The van der Waals surface area contributed by atoms with Gasteiger partial charge in [0.1, 0.15) is 0 Å². The molecule has 0 saturated carbocycles. The van der Waals surface area contributed by atoms with E-state index in [1.54, 1.807) is 25.8 Å². The molecule has 0 aromatic heterocycles. The molecule has 2 N–H and O–H groups in total. The van der Waals surface area contributed by atoms with Gasteiger partial charge in [0.2, 0.25) is 5.91 Å². The number of carbonyl (C=O) groups is 2. The average Bonchev–Trinajstić information content (AvgIpc) is 2.13. The van der Waals surface area contributed by atoms with Crippen molar-refractivity contribution in [3.05, 3.63) is 0 Å². The molecular weight excluding hydrogens is 196 g/mol. The summed E-state index contributed by atoms with van der Waals surface area (Å²) >= 11 is 0. The Balaban J connectivity index is 4.06. The molecule has 88 valence electrons. The second kappa shape index (κ2) is 6.40. The highest BCUT2D eigenvalue weighted by Crippen LogP contribution is 1.97. The Kier molecular flexibility index (Phi) is 5.93. The lowest BCUT2D eigenvalue weighted by Crippen LogP contribution is -2.46. The molecule has 0 spiro atoms. The van der Waals surface area contributed by atoms with Crippen molar-refractivity contribution >= 4 is 11.9 Å². The Hall–Kier alpha value is -1.10. The van der Waals surface area contributed by atoms with Crippen LogP contribution in [0.4, 0.5) is 0 Å². The van der Waals surface area contributed by atoms with E-state index in [9.17, 15) is 9.59 Å². The van der Waals surface area contributed by atoms with Crippen LogP contribution in [0, 0.1) is 0 Å². The SMILES string of the molecule is CCN(C)C(=O)C(C)NC(C)CC(=O)O. The van der Waals surface area contributed by atoms with Crippen molar-refractivity contribution < 1.29 is 14.7 Å². The molecule has 5 heteroatoms. The maximum Gasteiger partial charge on any atom is 0.304 e. The first kappa shape index (κ1) is 13.9. The summed E-state index contributed by atoms with van der Waals surface area (Å²) in [5.74, 6) is -0.881. The highest BCUT2D eigenvalue weighted by Gasteiger charge is 2.18. The number of likely N-dealkylation sites (N-methyl/N-ethyl adjacent to an activating group) is 1. The van der Waals surface area contributed by atoms with Crippen LogP contribution in [0.2, 0.25) is 0 Å². The first-order valence-electron chi connectivity index (χ1n) is 5.11. The minimum absolute atomic E-state index is 0.0188. The number of amides is 1. The zero-order valence-corrected chi connectivity index (χ0v) is 9.78. The number of aliphatic carboxylic acids is 1. The maximum atomic E-state index is 11.6. The smallest absolute Gasteiger partial charge is 0.304 e. The van der Waals surface area contributed by atoms with Crippen LogP contribution >= 0.6 is 0 Å². The van der Waals surface area contributed by atoms with Crippen LogP contribution in [0.3, 0.4) is 0 Å². The van der Waals surface area contributed by atoms with Gasteiger partial charge in [-0.15, -0.1) is 0 Å². The van der Waals surface area contributed by atoms with Gasteiger partial charge < -0.3 is 15.3 Å². The minimum atomic E-state index is -0.863. The molecule has 0 saturated heterocycles. The summed E-state index contributed by atoms with van der Waals surface area (Å²) in [6.07, 6.45) is 0.0213. The molecule has 0 heterocycles. The van der Waals surface area contributed by atoms with Crippen LogP contribution in [-0.4, -0.2) is 47.6 Å². The van der Waals surface area contributed by atoms with Crippen molar-refractivity contribution in [1.29, 1.82) is 0 Å². The molecule has 2 atom stereocenters. The molecule has 5 nitrogen and oxygen atoms in total. The highest BCUT2D eigenvalue weighted by molar-refractivity contribution is 5.81. The third-order valence-corrected chi connectivity index (χ3v) is 2.24. The summed E-state index contributed by atoms with van der Waals surface area (Å²) in [4.78, 5) is 23.6. The highest BCUT2D eigenvalue weighted by atomic mass is 16.4. The Morgan fingerprint density at radius 1 is 1.40 bits per heavy atom. The van der Waals surface area contributed by atoms with Gasteiger partial charge in [0.25, 0.3) is 0 Å². The number of hydrogen-bond acceptors (Lipinski definition) is 3. The van der Waals surface area contributed by atoms with Gasteiger partial charge in [-0.1, -0.05) is 0 Å². The molecule has 0 bridgehead atoms. The third-order valence-electron chi connectivity index (χ3n) is 2.24. The normalized spacial score (nSPS) is 14.4. The van der Waals surface area contributed by atoms with E-state index in [2.05, 4.69) is 5.32 Å². The Labute approximate surface area is 90.5 Å². The molecule has 0 aliphatic heterocycles. The van der Waals surface area contributed by atoms with E-state index in [1.165, 1.54) is 0 Å². The van der Waals surface area contributed by atoms with Crippen LogP contribution in [0.1, 0.15) is 27.2 Å². The topological polar surface area (TPSA) is 69.6 Å². The molecule has 0 aromatic rings. The van der Waals surface area contributed by atoms with Crippen LogP contribution < -0.4 is 5.32 Å². The van der Waals surface area contributed by atoms with Crippen molar-refractivity contribution in [3.8, 4) is 0 Å². The quantitative estimate of drug-likeness (QED) is 0.670. The number of rotatable bonds is 6. The van der Waals surface area contributed by atoms with Crippen LogP contribution in [0.25, 0.3) is 0 Å². The lowest BCUT2D eigenvalue weighted by Gasteiger charge is -2.23. The fraction of sp³-hybridized carbons (Fsp3) is 0.800. The van der Waals surface area contributed by atoms with Crippen molar-refractivity contribution in [2.45, 2.75) is 39.3 Å². The zero-order valence-electron chi connectivity index (χ0n) is 9.78. The van der Waals surface area contributed by atoms with Crippen molar-refractivity contribution in [3.63, 3.8) is 0 Å². The van der Waals surface area contributed by atoms with Crippen LogP contribution in [0.15, 0.2) is 0 Å². The molecule has 2 unspecified atom stereocenters. The predicted octanol–water partition coefficient (Wildman–Crippen LogP) is 0.306. The fourth-order valence-corrected chi connectivity index (χ4v) is 1.31. The summed E-state index contributed by atoms with van der Waals surface area (Å²) in [5, 5.41) is 11.5. The van der Waals surface area contributed by atoms with E-state index in [0.29, 0.717) is 6.54 Å². The number of carboxylic acids is 1. The number of nitrogens with zero attached hydrogens (tertiary/aromatic N) is 1. The molecule has 0 radical (unpaired) electrons. The van der Waals surface area contributed by atoms with Crippen molar-refractivity contribution in [2.24, 2.45) is 0 Å². The molecule has 0 aromatic carbocycles. The van der Waals surface area contributed by atoms with Gasteiger partial charge in [-0.25, -0.2) is 0 Å². The van der Waals surface area contributed by atoms with E-state index in [1.807, 2.05) is 6.92 Å². The van der Waals surface area contributed by atoms with Gasteiger partial charge in [0, 0.05) is 19.6 Å². The molecule has 1 amide bonds. The number of nitrogens with one attached hydrogen (secondary N) is 1. The second-order valence-electron chi connectivity index (χ2n) is 3.74. The zero-order chi connectivity index (χ0) is 12.0. The Morgan fingerprint density at radius 2 is 1.93 bits per heavy atom. The summed E-state index contributed by atoms with van der Waals surface area (Å²) < 4.78 is 0.